The van der Waals surface area contributed by atoms with Crippen molar-refractivity contribution in [3.8, 4) is 11.5 Å². The van der Waals surface area contributed by atoms with E-state index in [9.17, 15) is 9.59 Å². The second-order valence-corrected chi connectivity index (χ2v) is 14.1. The molecular formula is C49H48N4O5. The van der Waals surface area contributed by atoms with Crippen LogP contribution in [0.25, 0.3) is 10.8 Å². The fourth-order valence-electron chi connectivity index (χ4n) is 6.32. The van der Waals surface area contributed by atoms with Gasteiger partial charge in [-0.2, -0.15) is 15.3 Å². The Morgan fingerprint density at radius 2 is 1.22 bits per heavy atom. The van der Waals surface area contributed by atoms with Crippen LogP contribution in [0.2, 0.25) is 0 Å². The van der Waals surface area contributed by atoms with Gasteiger partial charge in [0.15, 0.2) is 0 Å². The van der Waals surface area contributed by atoms with Crippen LogP contribution < -0.4 is 9.47 Å². The van der Waals surface area contributed by atoms with E-state index in [-0.39, 0.29) is 0 Å². The molecule has 0 N–H and O–H groups in total. The minimum Gasteiger partial charge on any atom is -0.494 e. The largest absolute Gasteiger partial charge is 0.494 e. The number of hydrogen-bond donors (Lipinski definition) is 0. The Balaban J connectivity index is 0.994. The second-order valence-electron chi connectivity index (χ2n) is 14.1. The van der Waals surface area contributed by atoms with Crippen molar-refractivity contribution in [3.05, 3.63) is 167 Å². The van der Waals surface area contributed by atoms with Gasteiger partial charge in [0.2, 0.25) is 0 Å². The van der Waals surface area contributed by atoms with Crippen molar-refractivity contribution in [1.82, 2.24) is 0 Å². The number of fused-ring (bicyclic) bond motifs is 1. The first-order chi connectivity index (χ1) is 28.2. The molecule has 6 rings (SSSR count). The molecule has 9 nitrogen and oxygen atoms in total. The van der Waals surface area contributed by atoms with Gasteiger partial charge in [0.25, 0.3) is 0 Å². The Kier molecular flexibility index (Phi) is 14.4. The Labute approximate surface area is 340 Å². The lowest BCUT2D eigenvalue weighted by atomic mass is 9.97. The van der Waals surface area contributed by atoms with Crippen LogP contribution in [0.3, 0.4) is 0 Å². The van der Waals surface area contributed by atoms with Crippen LogP contribution in [-0.4, -0.2) is 25.2 Å². The normalized spacial score (nSPS) is 11.3. The highest BCUT2D eigenvalue weighted by Crippen LogP contribution is 2.34. The number of carbonyl (C=O) groups is 2. The highest BCUT2D eigenvalue weighted by atomic mass is 16.5. The zero-order valence-electron chi connectivity index (χ0n) is 33.3. The summed E-state index contributed by atoms with van der Waals surface area (Å²) < 4.78 is 16.4. The second kappa shape index (κ2) is 20.4. The Morgan fingerprint density at radius 1 is 0.603 bits per heavy atom. The van der Waals surface area contributed by atoms with Crippen LogP contribution in [0.1, 0.15) is 63.9 Å². The van der Waals surface area contributed by atoms with Gasteiger partial charge in [-0.25, -0.2) is 9.59 Å². The molecule has 0 saturated carbocycles. The number of unbranched alkanes of at least 4 members (excludes halogenated alkanes) is 3. The van der Waals surface area contributed by atoms with Crippen molar-refractivity contribution in [2.45, 2.75) is 59.3 Å². The van der Waals surface area contributed by atoms with Crippen molar-refractivity contribution in [2.24, 2.45) is 20.5 Å². The van der Waals surface area contributed by atoms with Crippen molar-refractivity contribution in [3.63, 3.8) is 0 Å². The third kappa shape index (κ3) is 11.6. The molecule has 0 atom stereocenters. The number of benzene rings is 6. The molecule has 0 heterocycles. The lowest BCUT2D eigenvalue weighted by molar-refractivity contribution is -0.137. The van der Waals surface area contributed by atoms with Gasteiger partial charge < -0.3 is 14.2 Å². The fraction of sp³-hybridized carbons (Fsp3) is 0.224. The maximum absolute atomic E-state index is 12.8. The number of rotatable bonds is 18. The Bertz CT molecular complexity index is 2400. The summed E-state index contributed by atoms with van der Waals surface area (Å²) in [5, 5.41) is 20.4. The van der Waals surface area contributed by atoms with Crippen molar-refractivity contribution >= 4 is 45.5 Å². The highest BCUT2D eigenvalue weighted by Gasteiger charge is 2.11. The van der Waals surface area contributed by atoms with Crippen LogP contribution in [0, 0.1) is 20.8 Å². The van der Waals surface area contributed by atoms with Crippen LogP contribution in [0.5, 0.6) is 11.5 Å². The summed E-state index contributed by atoms with van der Waals surface area (Å²) in [6.45, 7) is 10.4. The monoisotopic (exact) mass is 772 g/mol. The molecular weight excluding hydrogens is 725 g/mol. The predicted octanol–water partition coefficient (Wildman–Crippen LogP) is 13.3. The zero-order valence-corrected chi connectivity index (χ0v) is 33.3. The van der Waals surface area contributed by atoms with E-state index in [1.165, 1.54) is 17.2 Å². The molecule has 6 aromatic rings. The first-order valence-corrected chi connectivity index (χ1v) is 19.6. The fourth-order valence-corrected chi connectivity index (χ4v) is 6.32. The third-order valence-electron chi connectivity index (χ3n) is 9.70. The van der Waals surface area contributed by atoms with E-state index in [4.69, 9.17) is 19.3 Å². The summed E-state index contributed by atoms with van der Waals surface area (Å²) in [5.74, 6) is 0.360. The quantitative estimate of drug-likeness (QED) is 0.0284. The Hall–Kier alpha value is -6.74. The highest BCUT2D eigenvalue weighted by molar-refractivity contribution is 5.95. The average Bonchev–Trinajstić information content (AvgIpc) is 3.24. The molecule has 58 heavy (non-hydrogen) atoms. The minimum absolute atomic E-state index is 0.391. The minimum atomic E-state index is -0.428. The number of aryl methyl sites for hydroxylation is 5. The zero-order chi connectivity index (χ0) is 40.7. The maximum atomic E-state index is 12.8. The van der Waals surface area contributed by atoms with Gasteiger partial charge in [0.05, 0.1) is 41.5 Å². The van der Waals surface area contributed by atoms with E-state index in [1.807, 2.05) is 99.6 Å². The van der Waals surface area contributed by atoms with E-state index in [0.717, 1.165) is 88.7 Å². The molecule has 0 spiro atoms. The lowest BCUT2D eigenvalue weighted by Gasteiger charge is -2.10. The summed E-state index contributed by atoms with van der Waals surface area (Å²) in [7, 11) is 0. The molecule has 0 radical (unpaired) electrons. The van der Waals surface area contributed by atoms with Gasteiger partial charge in [-0.1, -0.05) is 66.7 Å². The average molecular weight is 773 g/mol. The third-order valence-corrected chi connectivity index (χ3v) is 9.70. The van der Waals surface area contributed by atoms with Crippen LogP contribution in [0.4, 0.5) is 22.7 Å². The number of azo groups is 2. The van der Waals surface area contributed by atoms with E-state index in [2.05, 4.69) is 40.1 Å². The van der Waals surface area contributed by atoms with Crippen molar-refractivity contribution < 1.29 is 23.8 Å². The molecule has 0 saturated heterocycles. The summed E-state index contributed by atoms with van der Waals surface area (Å²) in [6, 6.07) is 39.0. The number of hydrogen-bond acceptors (Lipinski definition) is 9. The van der Waals surface area contributed by atoms with Gasteiger partial charge >= 0.3 is 11.9 Å². The van der Waals surface area contributed by atoms with Gasteiger partial charge in [-0.05, 0) is 154 Å². The predicted molar refractivity (Wildman–Crippen MR) is 230 cm³/mol. The molecule has 0 aromatic heterocycles. The van der Waals surface area contributed by atoms with Gasteiger partial charge in [0.1, 0.15) is 11.5 Å². The van der Waals surface area contributed by atoms with E-state index in [0.29, 0.717) is 30.3 Å². The number of nitrogens with zero attached hydrogens (tertiary/aromatic N) is 4. The molecule has 6 aromatic carbocycles. The lowest BCUT2D eigenvalue weighted by Crippen LogP contribution is -2.08. The number of ether oxygens (including phenoxy) is 3. The smallest absolute Gasteiger partial charge is 0.343 e. The molecule has 0 fully saturated rings. The Morgan fingerprint density at radius 3 is 1.91 bits per heavy atom. The van der Waals surface area contributed by atoms with Gasteiger partial charge in [-0.15, -0.1) is 5.11 Å². The van der Waals surface area contributed by atoms with Crippen LogP contribution in [0.15, 0.2) is 154 Å². The van der Waals surface area contributed by atoms with E-state index >= 15 is 0 Å². The van der Waals surface area contributed by atoms with Gasteiger partial charge in [-0.3, -0.25) is 0 Å². The first-order valence-electron chi connectivity index (χ1n) is 19.6. The molecule has 0 bridgehead atoms. The molecule has 0 unspecified atom stereocenters. The van der Waals surface area contributed by atoms with Crippen LogP contribution >= 0.6 is 0 Å². The SMILES string of the molecule is C=CC(=O)OCCCCCCOc1ccc(C(=O)Oc2ccc(CCc3ccc(N=Nc4cc(C)c(N=Nc5ccc(C)cc5)cc4C)c4ccccc34)cc2)cc1. The summed E-state index contributed by atoms with van der Waals surface area (Å²) in [6.07, 6.45) is 6.42. The summed E-state index contributed by atoms with van der Waals surface area (Å²) >= 11 is 0. The standard InChI is InChI=1S/C49H48N4O5/c1-5-48(54)57-31-11-7-6-10-30-56-41-27-20-39(21-28-41)49(55)58-42-25-17-37(18-26-42)16-19-38-22-29-45(44-13-9-8-12-43(38)44)51-53-47-33-35(3)46(32-36(47)4)52-50-40-23-14-34(2)15-24-40/h5,8-9,12-15,17-18,20-29,32-33H,1,6-7,10-11,16,19,30-31H2,2-4H3. The first kappa shape index (κ1) is 40.9. The topological polar surface area (TPSA) is 111 Å². The van der Waals surface area contributed by atoms with E-state index < -0.39 is 11.9 Å². The molecule has 0 aliphatic rings. The number of esters is 2. The molecule has 0 aliphatic carbocycles. The van der Waals surface area contributed by atoms with Gasteiger partial charge in [0, 0.05) is 11.5 Å². The molecule has 0 amide bonds. The summed E-state index contributed by atoms with van der Waals surface area (Å²) in [4.78, 5) is 23.9. The van der Waals surface area contributed by atoms with Crippen molar-refractivity contribution in [2.75, 3.05) is 13.2 Å². The molecule has 0 aliphatic heterocycles. The van der Waals surface area contributed by atoms with Crippen molar-refractivity contribution in [1.29, 1.82) is 0 Å². The summed E-state index contributed by atoms with van der Waals surface area (Å²) in [5.41, 5.74) is 9.14. The number of carbonyl (C=O) groups excluding carboxylic acids is 2. The molecule has 294 valence electrons. The van der Waals surface area contributed by atoms with Crippen LogP contribution in [-0.2, 0) is 22.4 Å². The maximum Gasteiger partial charge on any atom is 0.343 e. The van der Waals surface area contributed by atoms with E-state index in [1.54, 1.807) is 24.3 Å². The molecule has 9 heteroatoms.